The van der Waals surface area contributed by atoms with Crippen LogP contribution in [0.25, 0.3) is 76.9 Å². The summed E-state index contributed by atoms with van der Waals surface area (Å²) in [6.45, 7) is 0. The Hall–Kier alpha value is -7.27. The Labute approximate surface area is 336 Å². The predicted octanol–water partition coefficient (Wildman–Crippen LogP) is 15.1. The predicted molar refractivity (Wildman–Crippen MR) is 242 cm³/mol. The molecule has 0 aliphatic heterocycles. The van der Waals surface area contributed by atoms with Crippen LogP contribution in [0.2, 0.25) is 0 Å². The Morgan fingerprint density at radius 2 is 0.793 bits per heavy atom. The van der Waals surface area contributed by atoms with E-state index in [2.05, 4.69) is 221 Å². The summed E-state index contributed by atoms with van der Waals surface area (Å²) in [6, 6.07) is 79.9. The molecule has 0 unspecified atom stereocenters. The van der Waals surface area contributed by atoms with Crippen molar-refractivity contribution in [3.63, 3.8) is 0 Å². The number of rotatable bonds is 6. The fourth-order valence-corrected chi connectivity index (χ4v) is 13.3. The number of furan rings is 1. The monoisotopic (exact) mass is 760 g/mol. The number of benzene rings is 9. The number of aromatic nitrogens is 2. The SMILES string of the molecule is c1ccc(S(c2ccccc2)(c2ccc(-n3c4ccccc4c4ccc5c6ccccc6oc5c43)cc2)c2cccc(-n3c4ccccc4c4ccccc43)c2)cc1. The van der Waals surface area contributed by atoms with E-state index in [1.807, 2.05) is 6.07 Å². The fraction of sp³-hybridized carbons (Fsp3) is 0. The molecule has 0 bridgehead atoms. The lowest BCUT2D eigenvalue weighted by Gasteiger charge is -2.42. The van der Waals surface area contributed by atoms with Crippen LogP contribution in [0.1, 0.15) is 0 Å². The molecule has 4 heteroatoms. The van der Waals surface area contributed by atoms with E-state index in [1.165, 1.54) is 52.2 Å². The van der Waals surface area contributed by atoms with E-state index in [1.54, 1.807) is 0 Å². The third-order valence-corrected chi connectivity index (χ3v) is 15.7. The van der Waals surface area contributed by atoms with Crippen molar-refractivity contribution in [1.82, 2.24) is 9.13 Å². The smallest absolute Gasteiger partial charge is 0.160 e. The van der Waals surface area contributed by atoms with Gasteiger partial charge in [-0.3, -0.25) is 0 Å². The molecule has 274 valence electrons. The summed E-state index contributed by atoms with van der Waals surface area (Å²) in [5.74, 6) is 0. The van der Waals surface area contributed by atoms with Gasteiger partial charge >= 0.3 is 0 Å². The van der Waals surface area contributed by atoms with Crippen molar-refractivity contribution in [2.75, 3.05) is 0 Å². The van der Waals surface area contributed by atoms with E-state index < -0.39 is 10.0 Å². The van der Waals surface area contributed by atoms with Gasteiger partial charge in [-0.15, -0.1) is 10.0 Å². The van der Waals surface area contributed by atoms with E-state index in [9.17, 15) is 0 Å². The van der Waals surface area contributed by atoms with E-state index in [0.29, 0.717) is 0 Å². The molecule has 0 amide bonds. The molecular formula is C54H36N2OS. The highest BCUT2D eigenvalue weighted by molar-refractivity contribution is 8.34. The highest BCUT2D eigenvalue weighted by Gasteiger charge is 2.34. The molecule has 0 spiro atoms. The zero-order valence-corrected chi connectivity index (χ0v) is 32.3. The lowest BCUT2D eigenvalue weighted by Crippen LogP contribution is -2.06. The molecule has 58 heavy (non-hydrogen) atoms. The minimum absolute atomic E-state index is 0.902. The van der Waals surface area contributed by atoms with Gasteiger partial charge in [0.05, 0.1) is 22.1 Å². The van der Waals surface area contributed by atoms with Gasteiger partial charge in [0.2, 0.25) is 0 Å². The van der Waals surface area contributed by atoms with E-state index >= 15 is 0 Å². The van der Waals surface area contributed by atoms with Crippen LogP contribution in [0.15, 0.2) is 242 Å². The standard InChI is InChI=1S/C54H36N2OS/c1-3-17-39(18-4-1)58(40-19-5-2-6-20-40,42-21-15-16-38(36-42)55-49-26-11-7-22-43(49)44-23-8-12-27-50(44)55)41-32-30-37(31-33-41)56-51-28-13-9-24-45(51)47-34-35-48-46-25-10-14-29-52(46)57-54(48)53(47)56/h1-36H. The summed E-state index contributed by atoms with van der Waals surface area (Å²) in [5.41, 5.74) is 8.71. The molecule has 0 aliphatic carbocycles. The first-order valence-corrected chi connectivity index (χ1v) is 21.4. The van der Waals surface area contributed by atoms with Crippen LogP contribution in [-0.4, -0.2) is 9.13 Å². The highest BCUT2D eigenvalue weighted by atomic mass is 32.3. The van der Waals surface area contributed by atoms with Crippen molar-refractivity contribution in [3.8, 4) is 11.4 Å². The summed E-state index contributed by atoms with van der Waals surface area (Å²) in [7, 11) is -2.00. The summed E-state index contributed by atoms with van der Waals surface area (Å²) < 4.78 is 11.5. The first kappa shape index (κ1) is 32.9. The van der Waals surface area contributed by atoms with Gasteiger partial charge in [-0.05, 0) is 97.1 Å². The summed E-state index contributed by atoms with van der Waals surface area (Å²) in [5, 5.41) is 7.17. The number of para-hydroxylation sites is 4. The molecule has 12 rings (SSSR count). The zero-order valence-electron chi connectivity index (χ0n) is 31.5. The number of hydrogen-bond donors (Lipinski definition) is 0. The van der Waals surface area contributed by atoms with E-state index in [-0.39, 0.29) is 0 Å². The van der Waals surface area contributed by atoms with Crippen LogP contribution in [0.3, 0.4) is 0 Å². The molecule has 0 fully saturated rings. The van der Waals surface area contributed by atoms with Crippen molar-refractivity contribution in [3.05, 3.63) is 218 Å². The van der Waals surface area contributed by atoms with Gasteiger partial charge in [-0.2, -0.15) is 0 Å². The Morgan fingerprint density at radius 3 is 1.43 bits per heavy atom. The van der Waals surface area contributed by atoms with Crippen LogP contribution < -0.4 is 0 Å². The normalized spacial score (nSPS) is 12.4. The van der Waals surface area contributed by atoms with Gasteiger partial charge in [0, 0.05) is 63.3 Å². The maximum atomic E-state index is 6.69. The summed E-state index contributed by atoms with van der Waals surface area (Å²) in [4.78, 5) is 5.11. The molecule has 0 atom stereocenters. The molecular weight excluding hydrogens is 725 g/mol. The van der Waals surface area contributed by atoms with Gasteiger partial charge in [0.1, 0.15) is 5.58 Å². The van der Waals surface area contributed by atoms with Gasteiger partial charge in [0.25, 0.3) is 0 Å². The second-order valence-corrected chi connectivity index (χ2v) is 18.0. The molecule has 0 radical (unpaired) electrons. The second-order valence-electron chi connectivity index (χ2n) is 14.9. The van der Waals surface area contributed by atoms with Gasteiger partial charge < -0.3 is 13.6 Å². The Morgan fingerprint density at radius 1 is 0.310 bits per heavy atom. The largest absolute Gasteiger partial charge is 0.454 e. The summed E-state index contributed by atoms with van der Waals surface area (Å²) >= 11 is 0. The van der Waals surface area contributed by atoms with Crippen molar-refractivity contribution in [1.29, 1.82) is 0 Å². The van der Waals surface area contributed by atoms with E-state index in [4.69, 9.17) is 4.42 Å². The second kappa shape index (κ2) is 12.9. The van der Waals surface area contributed by atoms with Crippen LogP contribution >= 0.6 is 10.0 Å². The van der Waals surface area contributed by atoms with E-state index in [0.717, 1.165) is 44.3 Å². The van der Waals surface area contributed by atoms with Crippen molar-refractivity contribution in [2.45, 2.75) is 19.6 Å². The maximum Gasteiger partial charge on any atom is 0.160 e. The van der Waals surface area contributed by atoms with Crippen molar-refractivity contribution in [2.24, 2.45) is 0 Å². The minimum atomic E-state index is -2.00. The third-order valence-electron chi connectivity index (χ3n) is 11.8. The van der Waals surface area contributed by atoms with Gasteiger partial charge in [0.15, 0.2) is 5.58 Å². The Balaban J connectivity index is 1.12. The minimum Gasteiger partial charge on any atom is -0.454 e. The summed E-state index contributed by atoms with van der Waals surface area (Å²) in [6.07, 6.45) is 0. The molecule has 0 saturated heterocycles. The van der Waals surface area contributed by atoms with Crippen LogP contribution in [0.5, 0.6) is 0 Å². The van der Waals surface area contributed by atoms with Gasteiger partial charge in [-0.1, -0.05) is 121 Å². The Kier molecular flexibility index (Phi) is 7.31. The maximum absolute atomic E-state index is 6.69. The first-order chi connectivity index (χ1) is 28.8. The number of hydrogen-bond acceptors (Lipinski definition) is 1. The average Bonchev–Trinajstić information content (AvgIpc) is 3.96. The topological polar surface area (TPSA) is 23.0 Å². The number of fused-ring (bicyclic) bond motifs is 10. The lowest BCUT2D eigenvalue weighted by atomic mass is 10.1. The zero-order chi connectivity index (χ0) is 38.2. The third kappa shape index (κ3) is 4.70. The highest BCUT2D eigenvalue weighted by Crippen LogP contribution is 2.73. The number of nitrogens with zero attached hydrogens (tertiary/aromatic N) is 2. The van der Waals surface area contributed by atoms with Crippen molar-refractivity contribution < 1.29 is 4.42 Å². The molecule has 0 N–H and O–H groups in total. The average molecular weight is 761 g/mol. The Bertz CT molecular complexity index is 3410. The molecule has 9 aromatic carbocycles. The molecule has 3 heterocycles. The lowest BCUT2D eigenvalue weighted by molar-refractivity contribution is 0.671. The molecule has 3 nitrogen and oxygen atoms in total. The first-order valence-electron chi connectivity index (χ1n) is 19.8. The fourth-order valence-electron chi connectivity index (χ4n) is 9.38. The molecule has 3 aromatic heterocycles. The van der Waals surface area contributed by atoms with Crippen LogP contribution in [0, 0.1) is 0 Å². The van der Waals surface area contributed by atoms with Gasteiger partial charge in [-0.25, -0.2) is 0 Å². The quantitative estimate of drug-likeness (QED) is 0.166. The molecule has 12 aromatic rings. The molecule has 0 aliphatic rings. The van der Waals surface area contributed by atoms with Crippen molar-refractivity contribution >= 4 is 75.6 Å². The van der Waals surface area contributed by atoms with Crippen LogP contribution in [0.4, 0.5) is 0 Å². The van der Waals surface area contributed by atoms with Crippen LogP contribution in [-0.2, 0) is 0 Å². The molecule has 0 saturated carbocycles.